The summed E-state index contributed by atoms with van der Waals surface area (Å²) in [4.78, 5) is 28.5. The van der Waals surface area contributed by atoms with Crippen molar-refractivity contribution in [2.45, 2.75) is 33.3 Å². The van der Waals surface area contributed by atoms with Gasteiger partial charge in [0.25, 0.3) is 0 Å². The van der Waals surface area contributed by atoms with Gasteiger partial charge in [-0.25, -0.2) is 9.18 Å². The summed E-state index contributed by atoms with van der Waals surface area (Å²) >= 11 is 0. The van der Waals surface area contributed by atoms with E-state index in [1.54, 1.807) is 26.8 Å². The Morgan fingerprint density at radius 2 is 2.00 bits per heavy atom. The summed E-state index contributed by atoms with van der Waals surface area (Å²) in [5.74, 6) is -0.354. The molecule has 0 aliphatic carbocycles. The number of imide groups is 1. The summed E-state index contributed by atoms with van der Waals surface area (Å²) in [6.45, 7) is 5.49. The molecule has 0 spiro atoms. The van der Waals surface area contributed by atoms with E-state index in [0.29, 0.717) is 0 Å². The second-order valence-corrected chi connectivity index (χ2v) is 5.21. The average Bonchev–Trinajstić information content (AvgIpc) is 2.34. The molecule has 0 atom stereocenters. The summed E-state index contributed by atoms with van der Waals surface area (Å²) < 4.78 is 22.3. The Morgan fingerprint density at radius 1 is 1.33 bits per heavy atom. The first-order valence-corrected chi connectivity index (χ1v) is 6.44. The van der Waals surface area contributed by atoms with Crippen LogP contribution in [0.3, 0.4) is 0 Å². The van der Waals surface area contributed by atoms with Crippen LogP contribution < -0.4 is 9.64 Å². The van der Waals surface area contributed by atoms with Crippen LogP contribution in [0, 0.1) is 0 Å². The Hall–Kier alpha value is -2.18. The molecule has 0 aliphatic heterocycles. The normalized spacial score (nSPS) is 10.9. The minimum Gasteiger partial charge on any atom is -0.475 e. The van der Waals surface area contributed by atoms with Gasteiger partial charge in [-0.3, -0.25) is 4.79 Å². The fraction of sp³-hybridized carbons (Fsp3) is 0.500. The molecule has 1 heterocycles. The van der Waals surface area contributed by atoms with Gasteiger partial charge < -0.3 is 9.47 Å². The molecule has 0 unspecified atom stereocenters. The fourth-order valence-corrected chi connectivity index (χ4v) is 1.44. The third kappa shape index (κ3) is 5.37. The lowest BCUT2D eigenvalue weighted by Gasteiger charge is -2.24. The van der Waals surface area contributed by atoms with Gasteiger partial charge in [0.05, 0.1) is 0 Å². The van der Waals surface area contributed by atoms with E-state index in [-0.39, 0.29) is 18.3 Å². The zero-order chi connectivity index (χ0) is 16.0. The summed E-state index contributed by atoms with van der Waals surface area (Å²) in [7, 11) is 0. The average molecular weight is 298 g/mol. The maximum Gasteiger partial charge on any atom is 0.422 e. The minimum atomic E-state index is -0.829. The van der Waals surface area contributed by atoms with Crippen LogP contribution in [0.5, 0.6) is 5.88 Å². The number of alkyl halides is 1. The van der Waals surface area contributed by atoms with Crippen molar-refractivity contribution in [3.63, 3.8) is 0 Å². The molecule has 6 nitrogen and oxygen atoms in total. The molecular formula is C14H19FN2O4. The van der Waals surface area contributed by atoms with Gasteiger partial charge in [0, 0.05) is 13.0 Å². The predicted molar refractivity (Wildman–Crippen MR) is 75.1 cm³/mol. The Labute approximate surface area is 122 Å². The molecule has 21 heavy (non-hydrogen) atoms. The molecule has 0 fully saturated rings. The van der Waals surface area contributed by atoms with Crippen LogP contribution in [0.4, 0.5) is 15.0 Å². The fourth-order valence-electron chi connectivity index (χ4n) is 1.44. The van der Waals surface area contributed by atoms with Gasteiger partial charge in [0.1, 0.15) is 24.7 Å². The van der Waals surface area contributed by atoms with Gasteiger partial charge in [-0.1, -0.05) is 6.07 Å². The highest BCUT2D eigenvalue weighted by Gasteiger charge is 2.27. The standard InChI is InChI=1S/C14H19FN2O4/c1-10(18)17(13(19)21-14(2,3)4)11-6-5-7-12(16-11)20-9-8-15/h5-7H,8-9H2,1-4H3. The Bertz CT molecular complexity index is 514. The molecule has 2 amide bonds. The third-order valence-corrected chi connectivity index (χ3v) is 2.16. The number of pyridine rings is 1. The van der Waals surface area contributed by atoms with E-state index in [1.807, 2.05) is 0 Å². The number of halogens is 1. The highest BCUT2D eigenvalue weighted by molar-refractivity contribution is 6.10. The minimum absolute atomic E-state index is 0.0631. The topological polar surface area (TPSA) is 68.7 Å². The third-order valence-electron chi connectivity index (χ3n) is 2.16. The monoisotopic (exact) mass is 298 g/mol. The molecule has 0 bridgehead atoms. The number of carbonyl (C=O) groups excluding carboxylic acids is 2. The molecule has 0 aliphatic rings. The zero-order valence-electron chi connectivity index (χ0n) is 12.6. The Kier molecular flexibility index (Phi) is 5.63. The number of carbonyl (C=O) groups is 2. The molecule has 0 radical (unpaired) electrons. The van der Waals surface area contributed by atoms with Gasteiger partial charge in [-0.15, -0.1) is 0 Å². The number of hydrogen-bond acceptors (Lipinski definition) is 5. The smallest absolute Gasteiger partial charge is 0.422 e. The second-order valence-electron chi connectivity index (χ2n) is 5.21. The van der Waals surface area contributed by atoms with E-state index in [1.165, 1.54) is 19.1 Å². The summed E-state index contributed by atoms with van der Waals surface area (Å²) in [5, 5.41) is 0. The molecule has 116 valence electrons. The van der Waals surface area contributed by atoms with E-state index >= 15 is 0 Å². The van der Waals surface area contributed by atoms with Crippen molar-refractivity contribution in [1.29, 1.82) is 0 Å². The zero-order valence-corrected chi connectivity index (χ0v) is 12.6. The summed E-state index contributed by atoms with van der Waals surface area (Å²) in [6.07, 6.45) is -0.829. The van der Waals surface area contributed by atoms with Crippen LogP contribution in [0.15, 0.2) is 18.2 Å². The SMILES string of the molecule is CC(=O)N(C(=O)OC(C)(C)C)c1cccc(OCCF)n1. The van der Waals surface area contributed by atoms with Gasteiger partial charge in [-0.05, 0) is 26.8 Å². The molecule has 0 N–H and O–H groups in total. The van der Waals surface area contributed by atoms with Crippen LogP contribution in [0.1, 0.15) is 27.7 Å². The molecule has 1 aromatic heterocycles. The Morgan fingerprint density at radius 3 is 2.52 bits per heavy atom. The molecule has 0 saturated heterocycles. The number of ether oxygens (including phenoxy) is 2. The van der Waals surface area contributed by atoms with Crippen LogP contribution in [0.2, 0.25) is 0 Å². The first kappa shape index (κ1) is 16.9. The molecule has 0 aromatic carbocycles. The van der Waals surface area contributed by atoms with Crippen molar-refractivity contribution in [2.24, 2.45) is 0 Å². The van der Waals surface area contributed by atoms with Crippen molar-refractivity contribution in [3.8, 4) is 5.88 Å². The number of nitrogens with zero attached hydrogens (tertiary/aromatic N) is 2. The van der Waals surface area contributed by atoms with Gasteiger partial charge in [0.15, 0.2) is 0 Å². The van der Waals surface area contributed by atoms with Gasteiger partial charge in [-0.2, -0.15) is 9.88 Å². The highest BCUT2D eigenvalue weighted by Crippen LogP contribution is 2.19. The van der Waals surface area contributed by atoms with E-state index in [2.05, 4.69) is 4.98 Å². The van der Waals surface area contributed by atoms with Crippen LogP contribution >= 0.6 is 0 Å². The van der Waals surface area contributed by atoms with Crippen LogP contribution in [-0.2, 0) is 9.53 Å². The number of amides is 2. The lowest BCUT2D eigenvalue weighted by molar-refractivity contribution is -0.116. The van der Waals surface area contributed by atoms with Crippen LogP contribution in [0.25, 0.3) is 0 Å². The maximum atomic E-state index is 12.1. The second kappa shape index (κ2) is 7.01. The number of aromatic nitrogens is 1. The molecule has 7 heteroatoms. The maximum absolute atomic E-state index is 12.1. The summed E-state index contributed by atoms with van der Waals surface area (Å²) in [6, 6.07) is 4.52. The molecular weight excluding hydrogens is 279 g/mol. The molecule has 0 saturated carbocycles. The largest absolute Gasteiger partial charge is 0.475 e. The lowest BCUT2D eigenvalue weighted by Crippen LogP contribution is -2.40. The van der Waals surface area contributed by atoms with Crippen molar-refractivity contribution < 1.29 is 23.5 Å². The lowest BCUT2D eigenvalue weighted by atomic mass is 10.2. The van der Waals surface area contributed by atoms with Gasteiger partial charge in [0.2, 0.25) is 11.8 Å². The molecule has 1 aromatic rings. The van der Waals surface area contributed by atoms with Crippen molar-refractivity contribution in [1.82, 2.24) is 4.98 Å². The first-order valence-electron chi connectivity index (χ1n) is 6.44. The number of hydrogen-bond donors (Lipinski definition) is 0. The predicted octanol–water partition coefficient (Wildman–Crippen LogP) is 2.72. The highest BCUT2D eigenvalue weighted by atomic mass is 19.1. The van der Waals surface area contributed by atoms with Crippen molar-refractivity contribution in [3.05, 3.63) is 18.2 Å². The van der Waals surface area contributed by atoms with Crippen molar-refractivity contribution >= 4 is 17.8 Å². The Balaban J connectivity index is 3.00. The van der Waals surface area contributed by atoms with E-state index < -0.39 is 24.3 Å². The van der Waals surface area contributed by atoms with E-state index in [4.69, 9.17) is 9.47 Å². The van der Waals surface area contributed by atoms with E-state index in [9.17, 15) is 14.0 Å². The van der Waals surface area contributed by atoms with Crippen molar-refractivity contribution in [2.75, 3.05) is 18.2 Å². The van der Waals surface area contributed by atoms with E-state index in [0.717, 1.165) is 4.90 Å². The first-order chi connectivity index (χ1) is 9.74. The number of anilines is 1. The van der Waals surface area contributed by atoms with Crippen LogP contribution in [-0.4, -0.2) is 35.9 Å². The quantitative estimate of drug-likeness (QED) is 0.855. The van der Waals surface area contributed by atoms with Gasteiger partial charge >= 0.3 is 6.09 Å². The summed E-state index contributed by atoms with van der Waals surface area (Å²) in [5.41, 5.74) is -0.743. The number of rotatable bonds is 4. The molecule has 1 rings (SSSR count).